The van der Waals surface area contributed by atoms with Gasteiger partial charge in [0.2, 0.25) is 11.8 Å². The van der Waals surface area contributed by atoms with Crippen molar-refractivity contribution in [2.75, 3.05) is 6.54 Å². The van der Waals surface area contributed by atoms with E-state index in [1.54, 1.807) is 31.2 Å². The zero-order valence-electron chi connectivity index (χ0n) is 16.7. The average Bonchev–Trinajstić information content (AvgIpc) is 2.72. The fourth-order valence-electron chi connectivity index (χ4n) is 2.27. The number of nitrogens with one attached hydrogen (secondary N) is 3. The maximum Gasteiger partial charge on any atom is 0.242 e. The molecule has 1 atom stereocenters. The molecule has 0 fully saturated rings. The van der Waals surface area contributed by atoms with E-state index in [1.165, 1.54) is 5.56 Å². The van der Waals surface area contributed by atoms with Crippen molar-refractivity contribution in [1.82, 2.24) is 10.6 Å². The molecule has 0 heterocycles. The first-order chi connectivity index (χ1) is 13.8. The maximum atomic E-state index is 11.7. The highest BCUT2D eigenvalue weighted by molar-refractivity contribution is 6.30. The quantitative estimate of drug-likeness (QED) is 0.347. The Labute approximate surface area is 176 Å². The highest BCUT2D eigenvalue weighted by Gasteiger charge is 2.14. The second-order valence-electron chi connectivity index (χ2n) is 6.31. The van der Waals surface area contributed by atoms with Gasteiger partial charge in [-0.2, -0.15) is 0 Å². The third-order valence-electron chi connectivity index (χ3n) is 3.99. The molecule has 29 heavy (non-hydrogen) atoms. The summed E-state index contributed by atoms with van der Waals surface area (Å²) in [5.41, 5.74) is 13.3. The fourth-order valence-corrected chi connectivity index (χ4v) is 2.48. The van der Waals surface area contributed by atoms with Gasteiger partial charge in [0.15, 0.2) is 0 Å². The van der Waals surface area contributed by atoms with Crippen LogP contribution in [-0.2, 0) is 22.6 Å². The van der Waals surface area contributed by atoms with Gasteiger partial charge in [-0.1, -0.05) is 54.9 Å². The van der Waals surface area contributed by atoms with Crippen molar-refractivity contribution in [3.05, 3.63) is 70.2 Å². The summed E-state index contributed by atoms with van der Waals surface area (Å²) < 4.78 is 0. The summed E-state index contributed by atoms with van der Waals surface area (Å²) in [6.45, 7) is 3.89. The molecule has 0 aliphatic rings. The van der Waals surface area contributed by atoms with E-state index < -0.39 is 6.04 Å². The second-order valence-corrected chi connectivity index (χ2v) is 6.74. The summed E-state index contributed by atoms with van der Waals surface area (Å²) in [6.07, 6.45) is 1.06. The second kappa shape index (κ2) is 12.5. The SMILES string of the molecule is CC(NC(=O)CN)C(=O)NCc1ccc(C(=N)N)cc1.CCc1cccc(Cl)c1. The van der Waals surface area contributed by atoms with Crippen LogP contribution >= 0.6 is 11.6 Å². The molecular weight excluding hydrogens is 390 g/mol. The van der Waals surface area contributed by atoms with E-state index >= 15 is 0 Å². The van der Waals surface area contributed by atoms with E-state index in [2.05, 4.69) is 23.6 Å². The predicted octanol–water partition coefficient (Wildman–Crippen LogP) is 1.95. The molecule has 7 nitrogen and oxygen atoms in total. The molecule has 0 radical (unpaired) electrons. The fraction of sp³-hybridized carbons (Fsp3) is 0.286. The minimum atomic E-state index is -0.637. The lowest BCUT2D eigenvalue weighted by Gasteiger charge is -2.13. The number of hydrogen-bond acceptors (Lipinski definition) is 4. The molecule has 0 bridgehead atoms. The van der Waals surface area contributed by atoms with E-state index in [1.807, 2.05) is 18.2 Å². The first-order valence-corrected chi connectivity index (χ1v) is 9.59. The van der Waals surface area contributed by atoms with Gasteiger partial charge >= 0.3 is 0 Å². The van der Waals surface area contributed by atoms with Crippen LogP contribution in [0.5, 0.6) is 0 Å². The Kier molecular flexibility index (Phi) is 10.4. The molecule has 2 amide bonds. The smallest absolute Gasteiger partial charge is 0.242 e. The molecule has 2 aromatic carbocycles. The number of carbonyl (C=O) groups excluding carboxylic acids is 2. The summed E-state index contributed by atoms with van der Waals surface area (Å²) >= 11 is 5.72. The van der Waals surface area contributed by atoms with Crippen LogP contribution < -0.4 is 22.1 Å². The molecule has 0 saturated heterocycles. The van der Waals surface area contributed by atoms with Crippen molar-refractivity contribution in [3.63, 3.8) is 0 Å². The van der Waals surface area contributed by atoms with E-state index in [4.69, 9.17) is 28.5 Å². The van der Waals surface area contributed by atoms with Crippen LogP contribution in [0.1, 0.15) is 30.5 Å². The van der Waals surface area contributed by atoms with E-state index in [0.717, 1.165) is 17.0 Å². The van der Waals surface area contributed by atoms with Crippen LogP contribution in [0.4, 0.5) is 0 Å². The molecule has 0 spiro atoms. The van der Waals surface area contributed by atoms with Crippen LogP contribution in [-0.4, -0.2) is 30.2 Å². The van der Waals surface area contributed by atoms with Crippen LogP contribution in [0, 0.1) is 5.41 Å². The van der Waals surface area contributed by atoms with Crippen LogP contribution in [0.2, 0.25) is 5.02 Å². The molecule has 7 N–H and O–H groups in total. The van der Waals surface area contributed by atoms with Crippen molar-refractivity contribution < 1.29 is 9.59 Å². The lowest BCUT2D eigenvalue weighted by atomic mass is 10.1. The lowest BCUT2D eigenvalue weighted by molar-refractivity contribution is -0.128. The molecular formula is C21H28ClN5O2. The monoisotopic (exact) mass is 417 g/mol. The Morgan fingerprint density at radius 2 is 1.79 bits per heavy atom. The van der Waals surface area contributed by atoms with Gasteiger partial charge in [0.05, 0.1) is 6.54 Å². The number of nitrogens with two attached hydrogens (primary N) is 2. The summed E-state index contributed by atoms with van der Waals surface area (Å²) in [6, 6.07) is 14.3. The van der Waals surface area contributed by atoms with E-state index in [-0.39, 0.29) is 24.2 Å². The van der Waals surface area contributed by atoms with Crippen molar-refractivity contribution in [2.24, 2.45) is 11.5 Å². The van der Waals surface area contributed by atoms with Crippen molar-refractivity contribution in [2.45, 2.75) is 32.9 Å². The van der Waals surface area contributed by atoms with Gasteiger partial charge < -0.3 is 22.1 Å². The third-order valence-corrected chi connectivity index (χ3v) is 4.22. The third kappa shape index (κ3) is 9.23. The molecule has 0 aromatic heterocycles. The minimum absolute atomic E-state index is 0.00120. The van der Waals surface area contributed by atoms with Gasteiger partial charge in [-0.15, -0.1) is 0 Å². The standard InChI is InChI=1S/C13H19N5O2.C8H9Cl/c1-8(18-11(19)6-14)13(20)17-7-9-2-4-10(5-3-9)12(15)16;1-2-7-4-3-5-8(9)6-7/h2-5,8H,6-7,14H2,1H3,(H3,15,16)(H,17,20)(H,18,19);3-6H,2H2,1H3. The highest BCUT2D eigenvalue weighted by Crippen LogP contribution is 2.10. The summed E-state index contributed by atoms with van der Waals surface area (Å²) in [7, 11) is 0. The van der Waals surface area contributed by atoms with Gasteiger partial charge in [-0.25, -0.2) is 0 Å². The number of amidine groups is 1. The number of rotatable bonds is 7. The van der Waals surface area contributed by atoms with Gasteiger partial charge in [0, 0.05) is 17.1 Å². The summed E-state index contributed by atoms with van der Waals surface area (Å²) in [5, 5.41) is 13.3. The zero-order chi connectivity index (χ0) is 21.8. The first kappa shape index (κ1) is 24.1. The molecule has 2 rings (SSSR count). The number of carbonyl (C=O) groups is 2. The van der Waals surface area contributed by atoms with Crippen LogP contribution in [0.15, 0.2) is 48.5 Å². The van der Waals surface area contributed by atoms with Crippen LogP contribution in [0.25, 0.3) is 0 Å². The highest BCUT2D eigenvalue weighted by atomic mass is 35.5. The Bertz CT molecular complexity index is 824. The molecule has 1 unspecified atom stereocenters. The maximum absolute atomic E-state index is 11.7. The molecule has 0 aliphatic heterocycles. The average molecular weight is 418 g/mol. The Balaban J connectivity index is 0.000000387. The zero-order valence-corrected chi connectivity index (χ0v) is 17.4. The Hall–Kier alpha value is -2.90. The summed E-state index contributed by atoms with van der Waals surface area (Å²) in [5.74, 6) is -0.667. The number of hydrogen-bond donors (Lipinski definition) is 5. The van der Waals surface area contributed by atoms with Gasteiger partial charge in [0.1, 0.15) is 11.9 Å². The predicted molar refractivity (Wildman–Crippen MR) is 117 cm³/mol. The molecule has 2 aromatic rings. The van der Waals surface area contributed by atoms with Gasteiger partial charge in [0.25, 0.3) is 0 Å². The van der Waals surface area contributed by atoms with Crippen molar-refractivity contribution in [3.8, 4) is 0 Å². The number of nitrogen functional groups attached to an aromatic ring is 1. The molecule has 0 aliphatic carbocycles. The number of aryl methyl sites for hydroxylation is 1. The number of benzene rings is 2. The molecule has 156 valence electrons. The largest absolute Gasteiger partial charge is 0.384 e. The Morgan fingerprint density at radius 3 is 2.28 bits per heavy atom. The Morgan fingerprint density at radius 1 is 1.14 bits per heavy atom. The molecule has 8 heteroatoms. The summed E-state index contributed by atoms with van der Waals surface area (Å²) in [4.78, 5) is 22.8. The molecule has 0 saturated carbocycles. The van der Waals surface area contributed by atoms with Crippen molar-refractivity contribution in [1.29, 1.82) is 5.41 Å². The first-order valence-electron chi connectivity index (χ1n) is 9.21. The van der Waals surface area contributed by atoms with E-state index in [0.29, 0.717) is 12.1 Å². The van der Waals surface area contributed by atoms with Crippen molar-refractivity contribution >= 4 is 29.3 Å². The number of halogens is 1. The van der Waals surface area contributed by atoms with E-state index in [9.17, 15) is 9.59 Å². The van der Waals surface area contributed by atoms with Crippen LogP contribution in [0.3, 0.4) is 0 Å². The topological polar surface area (TPSA) is 134 Å². The normalized spacial score (nSPS) is 10.9. The minimum Gasteiger partial charge on any atom is -0.384 e. The van der Waals surface area contributed by atoms with Gasteiger partial charge in [-0.05, 0) is 36.6 Å². The lowest BCUT2D eigenvalue weighted by Crippen LogP contribution is -2.46. The van der Waals surface area contributed by atoms with Gasteiger partial charge in [-0.3, -0.25) is 15.0 Å². The number of amides is 2.